The van der Waals surface area contributed by atoms with Crippen molar-refractivity contribution < 1.29 is 0 Å². The molecule has 4 nitrogen and oxygen atoms in total. The van der Waals surface area contributed by atoms with Gasteiger partial charge < -0.3 is 16.4 Å². The third-order valence-corrected chi connectivity index (χ3v) is 4.60. The molecule has 1 atom stereocenters. The molecule has 0 amide bonds. The summed E-state index contributed by atoms with van der Waals surface area (Å²) in [4.78, 5) is 6.37. The standard InChI is InChI=1S/C15H26N4/c1-19(2)15(7-4-3-5-8-15)13(16)10-12-6-9-18-14(17)11-12/h6,9,11,13H,3-5,7-8,10,16H2,1-2H3,(H2,17,18). The second-order valence-corrected chi connectivity index (χ2v) is 5.96. The van der Waals surface area contributed by atoms with Crippen LogP contribution in [0, 0.1) is 0 Å². The van der Waals surface area contributed by atoms with Gasteiger partial charge in [-0.25, -0.2) is 4.98 Å². The average Bonchev–Trinajstić information content (AvgIpc) is 2.39. The van der Waals surface area contributed by atoms with Gasteiger partial charge in [0.2, 0.25) is 0 Å². The molecule has 1 unspecified atom stereocenters. The SMILES string of the molecule is CN(C)C1(C(N)Cc2ccnc(N)c2)CCCCC1. The number of likely N-dealkylation sites (N-methyl/N-ethyl adjacent to an activating group) is 1. The van der Waals surface area contributed by atoms with Crippen molar-refractivity contribution in [3.05, 3.63) is 23.9 Å². The van der Waals surface area contributed by atoms with Crippen LogP contribution < -0.4 is 11.5 Å². The molecule has 0 saturated heterocycles. The van der Waals surface area contributed by atoms with Crippen LogP contribution in [0.15, 0.2) is 18.3 Å². The molecule has 1 heterocycles. The van der Waals surface area contributed by atoms with E-state index in [1.165, 1.54) is 37.7 Å². The Balaban J connectivity index is 2.13. The summed E-state index contributed by atoms with van der Waals surface area (Å²) in [6, 6.07) is 4.10. The van der Waals surface area contributed by atoms with Crippen molar-refractivity contribution in [1.29, 1.82) is 0 Å². The molecule has 0 bridgehead atoms. The van der Waals surface area contributed by atoms with E-state index in [-0.39, 0.29) is 11.6 Å². The van der Waals surface area contributed by atoms with Crippen molar-refractivity contribution in [2.24, 2.45) is 5.73 Å². The minimum atomic E-state index is 0.135. The molecule has 1 fully saturated rings. The number of hydrogen-bond donors (Lipinski definition) is 2. The van der Waals surface area contributed by atoms with E-state index in [2.05, 4.69) is 24.0 Å². The van der Waals surface area contributed by atoms with Gasteiger partial charge in [0.25, 0.3) is 0 Å². The van der Waals surface area contributed by atoms with Crippen LogP contribution in [0.1, 0.15) is 37.7 Å². The molecule has 2 rings (SSSR count). The summed E-state index contributed by atoms with van der Waals surface area (Å²) in [5.41, 5.74) is 13.6. The van der Waals surface area contributed by atoms with E-state index in [0.29, 0.717) is 5.82 Å². The van der Waals surface area contributed by atoms with Gasteiger partial charge in [-0.3, -0.25) is 0 Å². The summed E-state index contributed by atoms with van der Waals surface area (Å²) in [5, 5.41) is 0. The molecule has 0 spiro atoms. The largest absolute Gasteiger partial charge is 0.384 e. The average molecular weight is 262 g/mol. The Morgan fingerprint density at radius 2 is 2.00 bits per heavy atom. The zero-order chi connectivity index (χ0) is 13.9. The molecule has 4 N–H and O–H groups in total. The van der Waals surface area contributed by atoms with Gasteiger partial charge in [0.15, 0.2) is 0 Å². The lowest BCUT2D eigenvalue weighted by Gasteiger charge is -2.47. The highest BCUT2D eigenvalue weighted by Gasteiger charge is 2.39. The van der Waals surface area contributed by atoms with Gasteiger partial charge in [0.1, 0.15) is 5.82 Å². The van der Waals surface area contributed by atoms with Gasteiger partial charge in [-0.2, -0.15) is 0 Å². The van der Waals surface area contributed by atoms with Crippen LogP contribution in [0.2, 0.25) is 0 Å². The van der Waals surface area contributed by atoms with Gasteiger partial charge >= 0.3 is 0 Å². The van der Waals surface area contributed by atoms with Crippen LogP contribution >= 0.6 is 0 Å². The number of nitrogen functional groups attached to an aromatic ring is 1. The zero-order valence-electron chi connectivity index (χ0n) is 12.1. The quantitative estimate of drug-likeness (QED) is 0.868. The van der Waals surface area contributed by atoms with Crippen LogP contribution in [-0.2, 0) is 6.42 Å². The first-order chi connectivity index (χ1) is 9.04. The zero-order valence-corrected chi connectivity index (χ0v) is 12.1. The maximum absolute atomic E-state index is 6.56. The van der Waals surface area contributed by atoms with Gasteiger partial charge in [-0.05, 0) is 51.1 Å². The summed E-state index contributed by atoms with van der Waals surface area (Å²) < 4.78 is 0. The van der Waals surface area contributed by atoms with Crippen LogP contribution in [0.3, 0.4) is 0 Å². The smallest absolute Gasteiger partial charge is 0.123 e. The minimum Gasteiger partial charge on any atom is -0.384 e. The Hall–Kier alpha value is -1.13. The Morgan fingerprint density at radius 1 is 1.32 bits per heavy atom. The molecule has 4 heteroatoms. The summed E-state index contributed by atoms with van der Waals surface area (Å²) in [6.45, 7) is 0. The van der Waals surface area contributed by atoms with Gasteiger partial charge in [0, 0.05) is 17.8 Å². The first-order valence-electron chi connectivity index (χ1n) is 7.18. The van der Waals surface area contributed by atoms with E-state index in [1.54, 1.807) is 6.20 Å². The lowest BCUT2D eigenvalue weighted by Crippen LogP contribution is -2.59. The van der Waals surface area contributed by atoms with Crippen LogP contribution in [-0.4, -0.2) is 35.6 Å². The third-order valence-electron chi connectivity index (χ3n) is 4.60. The number of nitrogens with two attached hydrogens (primary N) is 2. The van der Waals surface area contributed by atoms with Gasteiger partial charge in [0.05, 0.1) is 0 Å². The Labute approximate surface area is 116 Å². The summed E-state index contributed by atoms with van der Waals surface area (Å²) >= 11 is 0. The van der Waals surface area contributed by atoms with Crippen molar-refractivity contribution in [3.8, 4) is 0 Å². The molecular weight excluding hydrogens is 236 g/mol. The van der Waals surface area contributed by atoms with E-state index in [0.717, 1.165) is 6.42 Å². The highest BCUT2D eigenvalue weighted by atomic mass is 15.2. The minimum absolute atomic E-state index is 0.135. The molecule has 1 aliphatic carbocycles. The summed E-state index contributed by atoms with van der Waals surface area (Å²) in [6.07, 6.45) is 8.92. The monoisotopic (exact) mass is 262 g/mol. The lowest BCUT2D eigenvalue weighted by molar-refractivity contribution is 0.0716. The number of anilines is 1. The molecule has 0 aliphatic heterocycles. The van der Waals surface area contributed by atoms with E-state index in [4.69, 9.17) is 11.5 Å². The van der Waals surface area contributed by atoms with Crippen molar-refractivity contribution in [2.45, 2.75) is 50.1 Å². The Kier molecular flexibility index (Phi) is 4.42. The van der Waals surface area contributed by atoms with Crippen LogP contribution in [0.25, 0.3) is 0 Å². The van der Waals surface area contributed by atoms with E-state index in [9.17, 15) is 0 Å². The predicted octanol–water partition coefficient (Wildman–Crippen LogP) is 1.80. The fraction of sp³-hybridized carbons (Fsp3) is 0.667. The highest BCUT2D eigenvalue weighted by Crippen LogP contribution is 2.35. The first-order valence-corrected chi connectivity index (χ1v) is 7.18. The van der Waals surface area contributed by atoms with Crippen LogP contribution in [0.4, 0.5) is 5.82 Å². The molecule has 1 saturated carbocycles. The van der Waals surface area contributed by atoms with Crippen molar-refractivity contribution >= 4 is 5.82 Å². The Bertz CT molecular complexity index is 410. The number of pyridine rings is 1. The third kappa shape index (κ3) is 3.07. The lowest BCUT2D eigenvalue weighted by atomic mass is 9.74. The molecular formula is C15H26N4. The van der Waals surface area contributed by atoms with Crippen molar-refractivity contribution in [1.82, 2.24) is 9.88 Å². The molecule has 19 heavy (non-hydrogen) atoms. The molecule has 106 valence electrons. The summed E-state index contributed by atoms with van der Waals surface area (Å²) in [7, 11) is 4.32. The fourth-order valence-electron chi connectivity index (χ4n) is 3.38. The van der Waals surface area contributed by atoms with Gasteiger partial charge in [-0.15, -0.1) is 0 Å². The van der Waals surface area contributed by atoms with E-state index < -0.39 is 0 Å². The molecule has 1 aromatic rings. The number of hydrogen-bond acceptors (Lipinski definition) is 4. The topological polar surface area (TPSA) is 68.2 Å². The van der Waals surface area contributed by atoms with Crippen molar-refractivity contribution in [2.75, 3.05) is 19.8 Å². The van der Waals surface area contributed by atoms with E-state index >= 15 is 0 Å². The van der Waals surface area contributed by atoms with Crippen LogP contribution in [0.5, 0.6) is 0 Å². The molecule has 0 aromatic carbocycles. The maximum atomic E-state index is 6.56. The number of rotatable bonds is 4. The van der Waals surface area contributed by atoms with E-state index in [1.807, 2.05) is 12.1 Å². The number of aromatic nitrogens is 1. The summed E-state index contributed by atoms with van der Waals surface area (Å²) in [5.74, 6) is 0.576. The molecule has 1 aromatic heterocycles. The van der Waals surface area contributed by atoms with Crippen molar-refractivity contribution in [3.63, 3.8) is 0 Å². The maximum Gasteiger partial charge on any atom is 0.123 e. The fourth-order valence-corrected chi connectivity index (χ4v) is 3.38. The Morgan fingerprint density at radius 3 is 2.58 bits per heavy atom. The molecule has 0 radical (unpaired) electrons. The second-order valence-electron chi connectivity index (χ2n) is 5.96. The first kappa shape index (κ1) is 14.3. The normalized spacial score (nSPS) is 20.4. The second kappa shape index (κ2) is 5.88. The predicted molar refractivity (Wildman–Crippen MR) is 79.8 cm³/mol. The van der Waals surface area contributed by atoms with Gasteiger partial charge in [-0.1, -0.05) is 19.3 Å². The molecule has 1 aliphatic rings. The highest BCUT2D eigenvalue weighted by molar-refractivity contribution is 5.32. The number of nitrogens with zero attached hydrogens (tertiary/aromatic N) is 2.